The van der Waals surface area contributed by atoms with E-state index >= 15 is 0 Å². The maximum Gasteiger partial charge on any atom is 0.258 e. The highest BCUT2D eigenvalue weighted by Crippen LogP contribution is 2.34. The van der Waals surface area contributed by atoms with Crippen molar-refractivity contribution in [1.82, 2.24) is 9.80 Å². The molecule has 8 heteroatoms. The Kier molecular flexibility index (Phi) is 8.19. The van der Waals surface area contributed by atoms with Gasteiger partial charge in [0, 0.05) is 44.2 Å². The van der Waals surface area contributed by atoms with Crippen LogP contribution in [-0.4, -0.2) is 75.5 Å². The molecular weight excluding hydrogens is 413 g/mol. The Labute approximate surface area is 188 Å². The minimum atomic E-state index is -0.637. The number of carbonyl (C=O) groups is 2. The molecule has 0 aliphatic carbocycles. The number of rotatable bonds is 9. The molecule has 1 amide bonds. The lowest BCUT2D eigenvalue weighted by molar-refractivity contribution is 0.0967. The standard InChI is InChI=1S/C24H30FN3O4/c1-27-11-13-28(14-12-27)10-6-9-21(29)18-15-22(31-2)23(32-3)16-20(18)26-24(30)17-7-4-5-8-19(17)25/h4-5,7-8,15-16H,6,9-14H2,1-3H3,(H,26,30). The van der Waals surface area contributed by atoms with Crippen LogP contribution >= 0.6 is 0 Å². The first-order valence-corrected chi connectivity index (χ1v) is 10.7. The summed E-state index contributed by atoms with van der Waals surface area (Å²) in [6.07, 6.45) is 1.03. The summed E-state index contributed by atoms with van der Waals surface area (Å²) >= 11 is 0. The Hall–Kier alpha value is -2.97. The fourth-order valence-corrected chi connectivity index (χ4v) is 3.72. The Morgan fingerprint density at radius 3 is 2.31 bits per heavy atom. The van der Waals surface area contributed by atoms with Crippen LogP contribution in [0.5, 0.6) is 11.5 Å². The lowest BCUT2D eigenvalue weighted by Gasteiger charge is -2.32. The van der Waals surface area contributed by atoms with Gasteiger partial charge in [0.15, 0.2) is 17.3 Å². The van der Waals surface area contributed by atoms with Crippen LogP contribution in [0.2, 0.25) is 0 Å². The van der Waals surface area contributed by atoms with Gasteiger partial charge < -0.3 is 24.6 Å². The molecule has 0 unspecified atom stereocenters. The van der Waals surface area contributed by atoms with Crippen LogP contribution in [0.3, 0.4) is 0 Å². The second-order valence-electron chi connectivity index (χ2n) is 7.86. The van der Waals surface area contributed by atoms with Gasteiger partial charge in [0.25, 0.3) is 5.91 Å². The predicted molar refractivity (Wildman–Crippen MR) is 121 cm³/mol. The summed E-state index contributed by atoms with van der Waals surface area (Å²) in [6, 6.07) is 8.80. The van der Waals surface area contributed by atoms with E-state index in [2.05, 4.69) is 22.2 Å². The molecule has 1 fully saturated rings. The van der Waals surface area contributed by atoms with Gasteiger partial charge in [-0.25, -0.2) is 4.39 Å². The summed E-state index contributed by atoms with van der Waals surface area (Å²) in [7, 11) is 5.06. The largest absolute Gasteiger partial charge is 0.493 e. The zero-order valence-electron chi connectivity index (χ0n) is 18.8. The number of methoxy groups -OCH3 is 2. The number of likely N-dealkylation sites (N-methyl/N-ethyl adjacent to an activating group) is 1. The van der Waals surface area contributed by atoms with Gasteiger partial charge in [-0.1, -0.05) is 12.1 Å². The number of Topliss-reactive ketones (excluding diaryl/α,β-unsaturated/α-hetero) is 1. The molecule has 1 aliphatic rings. The minimum absolute atomic E-state index is 0.101. The van der Waals surface area contributed by atoms with E-state index in [9.17, 15) is 14.0 Å². The summed E-state index contributed by atoms with van der Waals surface area (Å²) in [5, 5.41) is 2.67. The average Bonchev–Trinajstić information content (AvgIpc) is 2.80. The summed E-state index contributed by atoms with van der Waals surface area (Å²) in [4.78, 5) is 30.4. The fourth-order valence-electron chi connectivity index (χ4n) is 3.72. The number of carbonyl (C=O) groups excluding carboxylic acids is 2. The van der Waals surface area contributed by atoms with E-state index in [1.807, 2.05) is 0 Å². The Morgan fingerprint density at radius 2 is 1.66 bits per heavy atom. The van der Waals surface area contributed by atoms with Crippen LogP contribution < -0.4 is 14.8 Å². The Morgan fingerprint density at radius 1 is 1.00 bits per heavy atom. The SMILES string of the molecule is COc1cc(NC(=O)c2ccccc2F)c(C(=O)CCCN2CCN(C)CC2)cc1OC. The van der Waals surface area contributed by atoms with Gasteiger partial charge in [-0.05, 0) is 38.2 Å². The van der Waals surface area contributed by atoms with Gasteiger partial charge in [-0.3, -0.25) is 9.59 Å². The first kappa shape index (κ1) is 23.7. The van der Waals surface area contributed by atoms with Crippen LogP contribution in [0.1, 0.15) is 33.6 Å². The highest BCUT2D eigenvalue weighted by molar-refractivity contribution is 6.10. The van der Waals surface area contributed by atoms with E-state index in [1.165, 1.54) is 38.5 Å². The third-order valence-corrected chi connectivity index (χ3v) is 5.66. The Balaban J connectivity index is 1.76. The average molecular weight is 444 g/mol. The number of halogens is 1. The number of ether oxygens (including phenoxy) is 2. The fraction of sp³-hybridized carbons (Fsp3) is 0.417. The molecule has 0 spiro atoms. The molecule has 172 valence electrons. The third-order valence-electron chi connectivity index (χ3n) is 5.66. The summed E-state index contributed by atoms with van der Waals surface area (Å²) in [5.74, 6) is -0.639. The molecule has 1 aliphatic heterocycles. The summed E-state index contributed by atoms with van der Waals surface area (Å²) in [6.45, 7) is 4.87. The van der Waals surface area contributed by atoms with Crippen molar-refractivity contribution < 1.29 is 23.5 Å². The van der Waals surface area contributed by atoms with E-state index in [4.69, 9.17) is 9.47 Å². The molecule has 7 nitrogen and oxygen atoms in total. The van der Waals surface area contributed by atoms with Crippen molar-refractivity contribution >= 4 is 17.4 Å². The molecule has 2 aromatic carbocycles. The molecule has 0 saturated carbocycles. The number of hydrogen-bond acceptors (Lipinski definition) is 6. The summed E-state index contributed by atoms with van der Waals surface area (Å²) < 4.78 is 24.7. The highest BCUT2D eigenvalue weighted by atomic mass is 19.1. The molecule has 3 rings (SSSR count). The quantitative estimate of drug-likeness (QED) is 0.600. The smallest absolute Gasteiger partial charge is 0.258 e. The predicted octanol–water partition coefficient (Wildman–Crippen LogP) is 3.31. The molecule has 0 radical (unpaired) electrons. The zero-order valence-corrected chi connectivity index (χ0v) is 18.8. The van der Waals surface area contributed by atoms with Gasteiger partial charge in [0.1, 0.15) is 5.82 Å². The Bertz CT molecular complexity index is 958. The molecule has 1 saturated heterocycles. The number of piperazine rings is 1. The van der Waals surface area contributed by atoms with E-state index in [0.29, 0.717) is 29.9 Å². The van der Waals surface area contributed by atoms with Crippen molar-refractivity contribution in [1.29, 1.82) is 0 Å². The monoisotopic (exact) mass is 443 g/mol. The van der Waals surface area contributed by atoms with Crippen molar-refractivity contribution in [2.24, 2.45) is 0 Å². The minimum Gasteiger partial charge on any atom is -0.493 e. The van der Waals surface area contributed by atoms with E-state index < -0.39 is 11.7 Å². The molecule has 0 bridgehead atoms. The number of anilines is 1. The van der Waals surface area contributed by atoms with Gasteiger partial charge in [-0.2, -0.15) is 0 Å². The topological polar surface area (TPSA) is 71.1 Å². The lowest BCUT2D eigenvalue weighted by atomic mass is 10.0. The van der Waals surface area contributed by atoms with Gasteiger partial charge >= 0.3 is 0 Å². The van der Waals surface area contributed by atoms with Gasteiger partial charge in [0.05, 0.1) is 25.5 Å². The van der Waals surface area contributed by atoms with Crippen molar-refractivity contribution in [2.75, 3.05) is 59.3 Å². The maximum atomic E-state index is 14.1. The maximum absolute atomic E-state index is 14.1. The van der Waals surface area contributed by atoms with E-state index in [-0.39, 0.29) is 17.0 Å². The van der Waals surface area contributed by atoms with Crippen LogP contribution in [0, 0.1) is 5.82 Å². The zero-order chi connectivity index (χ0) is 23.1. The van der Waals surface area contributed by atoms with Crippen LogP contribution in [0.15, 0.2) is 36.4 Å². The summed E-state index contributed by atoms with van der Waals surface area (Å²) in [5.41, 5.74) is 0.474. The molecule has 0 atom stereocenters. The highest BCUT2D eigenvalue weighted by Gasteiger charge is 2.21. The number of nitrogens with zero attached hydrogens (tertiary/aromatic N) is 2. The molecule has 1 heterocycles. The molecule has 0 aromatic heterocycles. The van der Waals surface area contributed by atoms with Crippen molar-refractivity contribution in [3.63, 3.8) is 0 Å². The number of amides is 1. The van der Waals surface area contributed by atoms with Crippen molar-refractivity contribution in [2.45, 2.75) is 12.8 Å². The second kappa shape index (κ2) is 11.1. The van der Waals surface area contributed by atoms with Crippen molar-refractivity contribution in [3.05, 3.63) is 53.3 Å². The second-order valence-corrected chi connectivity index (χ2v) is 7.86. The number of nitrogens with one attached hydrogen (secondary N) is 1. The number of hydrogen-bond donors (Lipinski definition) is 1. The van der Waals surface area contributed by atoms with Crippen LogP contribution in [0.25, 0.3) is 0 Å². The number of benzene rings is 2. The van der Waals surface area contributed by atoms with Gasteiger partial charge in [-0.15, -0.1) is 0 Å². The van der Waals surface area contributed by atoms with Crippen molar-refractivity contribution in [3.8, 4) is 11.5 Å². The van der Waals surface area contributed by atoms with Crippen LogP contribution in [-0.2, 0) is 0 Å². The molecular formula is C24H30FN3O4. The molecule has 1 N–H and O–H groups in total. The van der Waals surface area contributed by atoms with E-state index in [1.54, 1.807) is 12.1 Å². The first-order valence-electron chi connectivity index (χ1n) is 10.7. The normalized spacial score (nSPS) is 14.8. The first-order chi connectivity index (χ1) is 15.4. The van der Waals surface area contributed by atoms with E-state index in [0.717, 1.165) is 32.7 Å². The number of ketones is 1. The lowest BCUT2D eigenvalue weighted by Crippen LogP contribution is -2.44. The molecule has 32 heavy (non-hydrogen) atoms. The molecule has 2 aromatic rings. The van der Waals surface area contributed by atoms with Gasteiger partial charge in [0.2, 0.25) is 0 Å². The third kappa shape index (κ3) is 5.83. The van der Waals surface area contributed by atoms with Crippen LogP contribution in [0.4, 0.5) is 10.1 Å².